The zero-order valence-corrected chi connectivity index (χ0v) is 16.3. The van der Waals surface area contributed by atoms with Crippen LogP contribution in [0.15, 0.2) is 48.5 Å². The van der Waals surface area contributed by atoms with E-state index in [-0.39, 0.29) is 0 Å². The maximum absolute atomic E-state index is 11.1. The minimum atomic E-state index is -0.915. The number of benzene rings is 2. The normalized spacial score (nSPS) is 15.8. The third-order valence-electron chi connectivity index (χ3n) is 5.68. The average molecular weight is 390 g/mol. The summed E-state index contributed by atoms with van der Waals surface area (Å²) >= 11 is 0. The topological polar surface area (TPSA) is 107 Å². The highest BCUT2D eigenvalue weighted by Gasteiger charge is 2.28. The van der Waals surface area contributed by atoms with Crippen molar-refractivity contribution in [3.05, 3.63) is 70.9 Å². The van der Waals surface area contributed by atoms with Gasteiger partial charge in [-0.05, 0) is 68.0 Å². The fourth-order valence-corrected chi connectivity index (χ4v) is 4.31. The van der Waals surface area contributed by atoms with Crippen molar-refractivity contribution in [2.45, 2.75) is 38.1 Å². The standard InChI is InChI=1S/C23H26N4O2/c24-12-11-16-3-2-6-20-21(16)22(18-4-1-5-19(25)13-18)26-27(20)14-15-7-9-17(10-8-15)23(28)29/h1,4-5,7-10,13,16H,2-3,6,11-12,14,24-25H2,(H,28,29). The number of nitrogens with zero attached hydrogens (tertiary/aromatic N) is 2. The summed E-state index contributed by atoms with van der Waals surface area (Å²) in [7, 11) is 0. The lowest BCUT2D eigenvalue weighted by Crippen LogP contribution is -2.16. The minimum Gasteiger partial charge on any atom is -0.478 e. The molecule has 150 valence electrons. The van der Waals surface area contributed by atoms with Gasteiger partial charge in [-0.15, -0.1) is 0 Å². The van der Waals surface area contributed by atoms with E-state index >= 15 is 0 Å². The molecule has 0 aliphatic heterocycles. The largest absolute Gasteiger partial charge is 0.478 e. The van der Waals surface area contributed by atoms with Crippen LogP contribution >= 0.6 is 0 Å². The Labute approximate surface area is 170 Å². The van der Waals surface area contributed by atoms with E-state index in [9.17, 15) is 4.79 Å². The van der Waals surface area contributed by atoms with Gasteiger partial charge in [0.15, 0.2) is 0 Å². The van der Waals surface area contributed by atoms with Crippen LogP contribution in [-0.4, -0.2) is 27.4 Å². The molecule has 1 aliphatic carbocycles. The van der Waals surface area contributed by atoms with E-state index in [1.807, 2.05) is 30.3 Å². The third kappa shape index (κ3) is 3.89. The van der Waals surface area contributed by atoms with E-state index in [0.29, 0.717) is 24.6 Å². The van der Waals surface area contributed by atoms with Crippen LogP contribution in [-0.2, 0) is 13.0 Å². The number of nitrogen functional groups attached to an aromatic ring is 1. The van der Waals surface area contributed by atoms with Crippen molar-refractivity contribution >= 4 is 11.7 Å². The van der Waals surface area contributed by atoms with Gasteiger partial charge in [-0.25, -0.2) is 4.79 Å². The smallest absolute Gasteiger partial charge is 0.335 e. The molecule has 1 unspecified atom stereocenters. The van der Waals surface area contributed by atoms with Gasteiger partial charge in [0, 0.05) is 22.5 Å². The summed E-state index contributed by atoms with van der Waals surface area (Å²) in [5, 5.41) is 14.1. The van der Waals surface area contributed by atoms with E-state index in [4.69, 9.17) is 21.7 Å². The van der Waals surface area contributed by atoms with Crippen molar-refractivity contribution < 1.29 is 9.90 Å². The van der Waals surface area contributed by atoms with Gasteiger partial charge >= 0.3 is 5.97 Å². The zero-order valence-electron chi connectivity index (χ0n) is 16.3. The molecule has 3 aromatic rings. The number of hydrogen-bond donors (Lipinski definition) is 3. The maximum atomic E-state index is 11.1. The number of nitrogens with two attached hydrogens (primary N) is 2. The molecule has 0 fully saturated rings. The summed E-state index contributed by atoms with van der Waals surface area (Å²) < 4.78 is 2.08. The Balaban J connectivity index is 1.76. The molecule has 4 rings (SSSR count). The van der Waals surface area contributed by atoms with Crippen molar-refractivity contribution in [2.75, 3.05) is 12.3 Å². The second kappa shape index (κ2) is 8.09. The Bertz CT molecular complexity index is 1020. The summed E-state index contributed by atoms with van der Waals surface area (Å²) in [6.45, 7) is 1.27. The molecule has 0 radical (unpaired) electrons. The molecule has 29 heavy (non-hydrogen) atoms. The van der Waals surface area contributed by atoms with E-state index in [1.54, 1.807) is 12.1 Å². The summed E-state index contributed by atoms with van der Waals surface area (Å²) in [5.41, 5.74) is 18.6. The molecule has 0 bridgehead atoms. The highest BCUT2D eigenvalue weighted by molar-refractivity contribution is 5.87. The van der Waals surface area contributed by atoms with Crippen LogP contribution in [0.3, 0.4) is 0 Å². The Morgan fingerprint density at radius 3 is 2.69 bits per heavy atom. The lowest BCUT2D eigenvalue weighted by atomic mass is 9.82. The van der Waals surface area contributed by atoms with Crippen molar-refractivity contribution in [1.29, 1.82) is 0 Å². The summed E-state index contributed by atoms with van der Waals surface area (Å²) in [6.07, 6.45) is 4.18. The Morgan fingerprint density at radius 2 is 2.00 bits per heavy atom. The molecule has 1 aliphatic rings. The van der Waals surface area contributed by atoms with Gasteiger partial charge in [0.2, 0.25) is 0 Å². The first kappa shape index (κ1) is 19.2. The number of aromatic nitrogens is 2. The van der Waals surface area contributed by atoms with Crippen molar-refractivity contribution in [3.63, 3.8) is 0 Å². The van der Waals surface area contributed by atoms with Crippen LogP contribution in [0.4, 0.5) is 5.69 Å². The molecule has 1 atom stereocenters. The highest BCUT2D eigenvalue weighted by atomic mass is 16.4. The highest BCUT2D eigenvalue weighted by Crippen LogP contribution is 2.40. The second-order valence-corrected chi connectivity index (χ2v) is 7.66. The van der Waals surface area contributed by atoms with E-state index in [0.717, 1.165) is 48.2 Å². The monoisotopic (exact) mass is 390 g/mol. The van der Waals surface area contributed by atoms with Crippen LogP contribution in [0.2, 0.25) is 0 Å². The minimum absolute atomic E-state index is 0.291. The van der Waals surface area contributed by atoms with Crippen LogP contribution < -0.4 is 11.5 Å². The number of fused-ring (bicyclic) bond motifs is 1. The fourth-order valence-electron chi connectivity index (χ4n) is 4.31. The summed E-state index contributed by atoms with van der Waals surface area (Å²) in [5.74, 6) is -0.509. The van der Waals surface area contributed by atoms with Gasteiger partial charge < -0.3 is 16.6 Å². The molecule has 6 heteroatoms. The van der Waals surface area contributed by atoms with Crippen molar-refractivity contribution in [1.82, 2.24) is 9.78 Å². The number of anilines is 1. The lowest BCUT2D eigenvalue weighted by Gasteiger charge is -2.24. The SMILES string of the molecule is NCCC1CCCc2c1c(-c1cccc(N)c1)nn2Cc1ccc(C(=O)O)cc1. The molecule has 0 saturated carbocycles. The van der Waals surface area contributed by atoms with Gasteiger partial charge in [0.25, 0.3) is 0 Å². The van der Waals surface area contributed by atoms with Crippen LogP contribution in [0.1, 0.15) is 52.4 Å². The van der Waals surface area contributed by atoms with Crippen LogP contribution in [0.5, 0.6) is 0 Å². The second-order valence-electron chi connectivity index (χ2n) is 7.66. The quantitative estimate of drug-likeness (QED) is 0.557. The van der Waals surface area contributed by atoms with Gasteiger partial charge in [-0.2, -0.15) is 5.10 Å². The molecule has 1 heterocycles. The van der Waals surface area contributed by atoms with Gasteiger partial charge in [-0.3, -0.25) is 4.68 Å². The third-order valence-corrected chi connectivity index (χ3v) is 5.68. The Kier molecular flexibility index (Phi) is 5.36. The van der Waals surface area contributed by atoms with Gasteiger partial charge in [0.1, 0.15) is 0 Å². The maximum Gasteiger partial charge on any atom is 0.335 e. The van der Waals surface area contributed by atoms with Crippen LogP contribution in [0.25, 0.3) is 11.3 Å². The molecule has 6 nitrogen and oxygen atoms in total. The first-order valence-corrected chi connectivity index (χ1v) is 10.0. The number of rotatable bonds is 6. The summed E-state index contributed by atoms with van der Waals surface area (Å²) in [4.78, 5) is 11.1. The number of hydrogen-bond acceptors (Lipinski definition) is 4. The molecule has 1 aromatic heterocycles. The fraction of sp³-hybridized carbons (Fsp3) is 0.304. The molecular weight excluding hydrogens is 364 g/mol. The van der Waals surface area contributed by atoms with E-state index in [1.165, 1.54) is 11.3 Å². The molecule has 5 N–H and O–H groups in total. The predicted molar refractivity (Wildman–Crippen MR) is 114 cm³/mol. The number of carboxylic acid groups (broad SMARTS) is 1. The molecule has 2 aromatic carbocycles. The van der Waals surface area contributed by atoms with Crippen LogP contribution in [0, 0.1) is 0 Å². The molecular formula is C23H26N4O2. The number of carboxylic acids is 1. The van der Waals surface area contributed by atoms with E-state index in [2.05, 4.69) is 10.7 Å². The Hall–Kier alpha value is -3.12. The van der Waals surface area contributed by atoms with Crippen molar-refractivity contribution in [3.8, 4) is 11.3 Å². The molecule has 0 spiro atoms. The predicted octanol–water partition coefficient (Wildman–Crippen LogP) is 3.65. The first-order chi connectivity index (χ1) is 14.1. The first-order valence-electron chi connectivity index (χ1n) is 10.0. The Morgan fingerprint density at radius 1 is 1.21 bits per heavy atom. The zero-order chi connectivity index (χ0) is 20.4. The lowest BCUT2D eigenvalue weighted by molar-refractivity contribution is 0.0697. The van der Waals surface area contributed by atoms with Gasteiger partial charge in [0.05, 0.1) is 17.8 Å². The molecule has 0 amide bonds. The van der Waals surface area contributed by atoms with Crippen molar-refractivity contribution in [2.24, 2.45) is 5.73 Å². The number of aromatic carboxylic acids is 1. The van der Waals surface area contributed by atoms with E-state index < -0.39 is 5.97 Å². The molecule has 0 saturated heterocycles. The average Bonchev–Trinajstić information content (AvgIpc) is 3.08. The van der Waals surface area contributed by atoms with Gasteiger partial charge in [-0.1, -0.05) is 24.3 Å². The summed E-state index contributed by atoms with van der Waals surface area (Å²) in [6, 6.07) is 14.9. The number of carbonyl (C=O) groups is 1.